The van der Waals surface area contributed by atoms with E-state index in [0.29, 0.717) is 0 Å². The van der Waals surface area contributed by atoms with Gasteiger partial charge in [-0.05, 0) is 19.1 Å². The Morgan fingerprint density at radius 2 is 2.21 bits per heavy atom. The number of imidazole rings is 1. The molecule has 2 heterocycles. The third-order valence-corrected chi connectivity index (χ3v) is 3.59. The van der Waals surface area contributed by atoms with Gasteiger partial charge in [-0.25, -0.2) is 18.4 Å². The van der Waals surface area contributed by atoms with Crippen LogP contribution in [0.2, 0.25) is 0 Å². The summed E-state index contributed by atoms with van der Waals surface area (Å²) in [6.45, 7) is 1.82. The smallest absolute Gasteiger partial charge is 0.149 e. The standard InChI is InChI=1S/C12H16N4O2S/c1-10(8-19(2,17)18)15-11-3-4-12(14-7-11)16-6-5-13-9-16/h3-7,9-10,15H,8H2,1-2H3. The van der Waals surface area contributed by atoms with Crippen molar-refractivity contribution in [1.29, 1.82) is 0 Å². The average Bonchev–Trinajstić information content (AvgIpc) is 2.80. The number of sulfone groups is 1. The zero-order valence-electron chi connectivity index (χ0n) is 10.8. The van der Waals surface area contributed by atoms with Gasteiger partial charge >= 0.3 is 0 Å². The van der Waals surface area contributed by atoms with Crippen molar-refractivity contribution in [3.8, 4) is 5.82 Å². The van der Waals surface area contributed by atoms with Gasteiger partial charge in [-0.15, -0.1) is 0 Å². The normalized spacial score (nSPS) is 13.2. The first-order chi connectivity index (χ1) is 8.94. The van der Waals surface area contributed by atoms with Crippen LogP contribution in [-0.4, -0.2) is 41.0 Å². The van der Waals surface area contributed by atoms with Crippen molar-refractivity contribution >= 4 is 15.5 Å². The molecule has 1 atom stereocenters. The van der Waals surface area contributed by atoms with Gasteiger partial charge in [-0.1, -0.05) is 0 Å². The van der Waals surface area contributed by atoms with Gasteiger partial charge in [0.2, 0.25) is 0 Å². The van der Waals surface area contributed by atoms with E-state index in [2.05, 4.69) is 15.3 Å². The van der Waals surface area contributed by atoms with Crippen molar-refractivity contribution in [2.75, 3.05) is 17.3 Å². The third-order valence-electron chi connectivity index (χ3n) is 2.48. The molecule has 1 unspecified atom stereocenters. The summed E-state index contributed by atoms with van der Waals surface area (Å²) in [7, 11) is -2.98. The quantitative estimate of drug-likeness (QED) is 0.888. The van der Waals surface area contributed by atoms with Crippen LogP contribution in [0.3, 0.4) is 0 Å². The maximum Gasteiger partial charge on any atom is 0.149 e. The monoisotopic (exact) mass is 280 g/mol. The summed E-state index contributed by atoms with van der Waals surface area (Å²) in [5.41, 5.74) is 0.792. The molecule has 0 radical (unpaired) electrons. The lowest BCUT2D eigenvalue weighted by Gasteiger charge is -2.14. The third kappa shape index (κ3) is 4.06. The molecule has 0 amide bonds. The summed E-state index contributed by atoms with van der Waals surface area (Å²) in [6.07, 6.45) is 8.06. The van der Waals surface area contributed by atoms with Crippen LogP contribution >= 0.6 is 0 Å². The number of hydrogen-bond donors (Lipinski definition) is 1. The van der Waals surface area contributed by atoms with Crippen molar-refractivity contribution in [2.45, 2.75) is 13.0 Å². The lowest BCUT2D eigenvalue weighted by Crippen LogP contribution is -2.25. The summed E-state index contributed by atoms with van der Waals surface area (Å²) in [6, 6.07) is 3.55. The molecule has 0 aliphatic carbocycles. The second-order valence-corrected chi connectivity index (χ2v) is 6.70. The van der Waals surface area contributed by atoms with E-state index in [-0.39, 0.29) is 11.8 Å². The largest absolute Gasteiger partial charge is 0.380 e. The molecule has 0 spiro atoms. The Morgan fingerprint density at radius 3 is 2.74 bits per heavy atom. The van der Waals surface area contributed by atoms with Crippen molar-refractivity contribution in [3.05, 3.63) is 37.1 Å². The molecule has 2 rings (SSSR count). The first-order valence-corrected chi connectivity index (χ1v) is 7.89. The van der Waals surface area contributed by atoms with Gasteiger partial charge in [-0.3, -0.25) is 4.57 Å². The van der Waals surface area contributed by atoms with E-state index in [9.17, 15) is 8.42 Å². The second kappa shape index (κ2) is 5.40. The summed E-state index contributed by atoms with van der Waals surface area (Å²) in [4.78, 5) is 8.23. The molecule has 0 fully saturated rings. The number of rotatable bonds is 5. The van der Waals surface area contributed by atoms with E-state index >= 15 is 0 Å². The fourth-order valence-corrected chi connectivity index (χ4v) is 2.79. The van der Waals surface area contributed by atoms with E-state index in [1.54, 1.807) is 23.3 Å². The van der Waals surface area contributed by atoms with Crippen LogP contribution in [-0.2, 0) is 9.84 Å². The molecule has 0 aromatic carbocycles. The first kappa shape index (κ1) is 13.5. The van der Waals surface area contributed by atoms with Gasteiger partial charge in [0.05, 0.1) is 17.6 Å². The minimum absolute atomic E-state index is 0.0935. The zero-order valence-corrected chi connectivity index (χ0v) is 11.6. The fourth-order valence-electron chi connectivity index (χ4n) is 1.80. The molecular weight excluding hydrogens is 264 g/mol. The van der Waals surface area contributed by atoms with E-state index in [1.807, 2.05) is 25.3 Å². The molecule has 7 heteroatoms. The Labute approximate surface area is 112 Å². The van der Waals surface area contributed by atoms with E-state index in [0.717, 1.165) is 11.5 Å². The summed E-state index contributed by atoms with van der Waals surface area (Å²) in [5.74, 6) is 0.856. The van der Waals surface area contributed by atoms with Crippen LogP contribution in [0.5, 0.6) is 0 Å². The molecular formula is C12H16N4O2S. The van der Waals surface area contributed by atoms with E-state index in [4.69, 9.17) is 0 Å². The lowest BCUT2D eigenvalue weighted by molar-refractivity contribution is 0.598. The summed E-state index contributed by atoms with van der Waals surface area (Å²) in [5, 5.41) is 3.10. The first-order valence-electron chi connectivity index (χ1n) is 5.83. The molecule has 2 aromatic heterocycles. The van der Waals surface area contributed by atoms with Gasteiger partial charge in [-0.2, -0.15) is 0 Å². The fraction of sp³-hybridized carbons (Fsp3) is 0.333. The van der Waals surface area contributed by atoms with E-state index in [1.165, 1.54) is 6.26 Å². The zero-order chi connectivity index (χ0) is 13.9. The Balaban J connectivity index is 2.03. The van der Waals surface area contributed by atoms with Crippen LogP contribution in [0.15, 0.2) is 37.1 Å². The highest BCUT2D eigenvalue weighted by Crippen LogP contribution is 2.11. The van der Waals surface area contributed by atoms with Crippen LogP contribution < -0.4 is 5.32 Å². The predicted octanol–water partition coefficient (Wildman–Crippen LogP) is 1.11. The molecule has 102 valence electrons. The van der Waals surface area contributed by atoms with Gasteiger partial charge in [0.1, 0.15) is 22.0 Å². The molecule has 19 heavy (non-hydrogen) atoms. The lowest BCUT2D eigenvalue weighted by atomic mass is 10.3. The van der Waals surface area contributed by atoms with E-state index < -0.39 is 9.84 Å². The minimum Gasteiger partial charge on any atom is -0.380 e. The van der Waals surface area contributed by atoms with Crippen molar-refractivity contribution < 1.29 is 8.42 Å². The Hall–Kier alpha value is -1.89. The predicted molar refractivity (Wildman–Crippen MR) is 74.2 cm³/mol. The molecule has 0 saturated carbocycles. The van der Waals surface area contributed by atoms with Crippen LogP contribution in [0.1, 0.15) is 6.92 Å². The number of pyridine rings is 1. The number of aromatic nitrogens is 3. The number of anilines is 1. The summed E-state index contributed by atoms with van der Waals surface area (Å²) >= 11 is 0. The van der Waals surface area contributed by atoms with Gasteiger partial charge in [0.25, 0.3) is 0 Å². The number of nitrogens with zero attached hydrogens (tertiary/aromatic N) is 3. The van der Waals surface area contributed by atoms with Gasteiger partial charge in [0.15, 0.2) is 0 Å². The molecule has 0 bridgehead atoms. The summed E-state index contributed by atoms with van der Waals surface area (Å²) < 4.78 is 24.1. The van der Waals surface area contributed by atoms with Gasteiger partial charge < -0.3 is 5.32 Å². The minimum atomic E-state index is -2.98. The highest BCUT2D eigenvalue weighted by atomic mass is 32.2. The maximum atomic E-state index is 11.2. The Bertz CT molecular complexity index is 620. The highest BCUT2D eigenvalue weighted by Gasteiger charge is 2.10. The average molecular weight is 280 g/mol. The highest BCUT2D eigenvalue weighted by molar-refractivity contribution is 7.90. The molecule has 0 aliphatic rings. The van der Waals surface area contributed by atoms with Gasteiger partial charge in [0, 0.05) is 24.7 Å². The Morgan fingerprint density at radius 1 is 1.42 bits per heavy atom. The second-order valence-electron chi connectivity index (χ2n) is 4.51. The van der Waals surface area contributed by atoms with Crippen LogP contribution in [0.25, 0.3) is 5.82 Å². The Kier molecular flexibility index (Phi) is 3.84. The molecule has 2 aromatic rings. The number of hydrogen-bond acceptors (Lipinski definition) is 5. The van der Waals surface area contributed by atoms with Crippen molar-refractivity contribution in [3.63, 3.8) is 0 Å². The van der Waals surface area contributed by atoms with Crippen LogP contribution in [0.4, 0.5) is 5.69 Å². The molecule has 1 N–H and O–H groups in total. The molecule has 6 nitrogen and oxygen atoms in total. The number of nitrogens with one attached hydrogen (secondary N) is 1. The molecule has 0 aliphatic heterocycles. The topological polar surface area (TPSA) is 76.9 Å². The van der Waals surface area contributed by atoms with Crippen molar-refractivity contribution in [2.24, 2.45) is 0 Å². The SMILES string of the molecule is CC(CS(C)(=O)=O)Nc1ccc(-n2ccnc2)nc1. The molecule has 0 saturated heterocycles. The van der Waals surface area contributed by atoms with Crippen LogP contribution in [0, 0.1) is 0 Å². The van der Waals surface area contributed by atoms with Crippen molar-refractivity contribution in [1.82, 2.24) is 14.5 Å². The maximum absolute atomic E-state index is 11.2.